The fourth-order valence-electron chi connectivity index (χ4n) is 4.10. The Bertz CT molecular complexity index is 1210. The summed E-state index contributed by atoms with van der Waals surface area (Å²) < 4.78 is 0. The molecule has 1 fully saturated rings. The molecule has 0 aromatic heterocycles. The van der Waals surface area contributed by atoms with Crippen LogP contribution < -0.4 is 10.2 Å². The van der Waals surface area contributed by atoms with E-state index in [1.807, 2.05) is 60.7 Å². The molecule has 9 heteroatoms. The number of rotatable bonds is 8. The van der Waals surface area contributed by atoms with Gasteiger partial charge in [-0.15, -0.1) is 5.06 Å². The highest BCUT2D eigenvalue weighted by molar-refractivity contribution is 6.01. The molecule has 1 N–H and O–H groups in total. The van der Waals surface area contributed by atoms with E-state index in [2.05, 4.69) is 5.32 Å². The van der Waals surface area contributed by atoms with Crippen LogP contribution in [0.4, 0.5) is 5.69 Å². The summed E-state index contributed by atoms with van der Waals surface area (Å²) in [6, 6.07) is 15.6. The van der Waals surface area contributed by atoms with E-state index in [0.29, 0.717) is 11.6 Å². The summed E-state index contributed by atoms with van der Waals surface area (Å²) in [4.78, 5) is 66.7. The van der Waals surface area contributed by atoms with Gasteiger partial charge in [0.15, 0.2) is 0 Å². The van der Waals surface area contributed by atoms with Crippen LogP contribution in [0.1, 0.15) is 55.2 Å². The first kappa shape index (κ1) is 24.8. The molecule has 0 bridgehead atoms. The number of nitrogens with one attached hydrogen (secondary N) is 1. The minimum Gasteiger partial charge on any atom is -0.356 e. The van der Waals surface area contributed by atoms with Gasteiger partial charge < -0.3 is 15.1 Å². The highest BCUT2D eigenvalue weighted by atomic mass is 16.7. The molecule has 4 rings (SSSR count). The van der Waals surface area contributed by atoms with Crippen LogP contribution in [0.15, 0.2) is 48.5 Å². The smallest absolute Gasteiger partial charge is 0.333 e. The zero-order chi connectivity index (χ0) is 25.5. The fraction of sp³-hybridized carbons (Fsp3) is 0.296. The van der Waals surface area contributed by atoms with Gasteiger partial charge in [0.2, 0.25) is 11.8 Å². The van der Waals surface area contributed by atoms with Crippen molar-refractivity contribution in [3.05, 3.63) is 65.2 Å². The Morgan fingerprint density at radius 3 is 2.28 bits per heavy atom. The number of para-hydroxylation sites is 1. The number of anilines is 1. The van der Waals surface area contributed by atoms with Crippen LogP contribution in [-0.2, 0) is 35.4 Å². The Labute approximate surface area is 208 Å². The highest BCUT2D eigenvalue weighted by Crippen LogP contribution is 2.29. The Morgan fingerprint density at radius 2 is 1.50 bits per heavy atom. The summed E-state index contributed by atoms with van der Waals surface area (Å²) in [6.45, 7) is 0.587. The Balaban J connectivity index is 1.25. The molecule has 1 saturated heterocycles. The molecule has 0 unspecified atom stereocenters. The SMILES string of the molecule is O=C(CCCC(=O)ON1C(=O)CCC1=O)NCCC(=O)N1Cc2ccccc2C=Cc2ccccc21. The van der Waals surface area contributed by atoms with Crippen molar-refractivity contribution < 1.29 is 28.8 Å². The minimum atomic E-state index is -0.744. The zero-order valence-electron chi connectivity index (χ0n) is 19.8. The number of amides is 4. The van der Waals surface area contributed by atoms with Gasteiger partial charge in [0, 0.05) is 38.6 Å². The van der Waals surface area contributed by atoms with E-state index in [1.54, 1.807) is 4.90 Å². The number of fused-ring (bicyclic) bond motifs is 2. The first-order chi connectivity index (χ1) is 17.4. The second kappa shape index (κ2) is 11.4. The second-order valence-electron chi connectivity index (χ2n) is 8.57. The molecule has 4 amide bonds. The molecule has 2 heterocycles. The number of hydrogen-bond donors (Lipinski definition) is 1. The van der Waals surface area contributed by atoms with E-state index in [4.69, 9.17) is 4.84 Å². The maximum absolute atomic E-state index is 13.2. The molecule has 0 atom stereocenters. The summed E-state index contributed by atoms with van der Waals surface area (Å²) >= 11 is 0. The first-order valence-corrected chi connectivity index (χ1v) is 11.9. The third-order valence-corrected chi connectivity index (χ3v) is 6.00. The van der Waals surface area contributed by atoms with E-state index in [9.17, 15) is 24.0 Å². The van der Waals surface area contributed by atoms with Crippen LogP contribution >= 0.6 is 0 Å². The van der Waals surface area contributed by atoms with Crippen molar-refractivity contribution in [2.45, 2.75) is 45.1 Å². The van der Waals surface area contributed by atoms with E-state index in [1.165, 1.54) is 0 Å². The van der Waals surface area contributed by atoms with E-state index < -0.39 is 17.8 Å². The van der Waals surface area contributed by atoms with E-state index >= 15 is 0 Å². The lowest BCUT2D eigenvalue weighted by Gasteiger charge is -2.27. The third-order valence-electron chi connectivity index (χ3n) is 6.00. The predicted molar refractivity (Wildman–Crippen MR) is 132 cm³/mol. The normalized spacial score (nSPS) is 14.6. The maximum atomic E-state index is 13.2. The van der Waals surface area contributed by atoms with Gasteiger partial charge >= 0.3 is 5.97 Å². The number of carbonyl (C=O) groups excluding carboxylic acids is 5. The fourth-order valence-corrected chi connectivity index (χ4v) is 4.10. The van der Waals surface area contributed by atoms with Gasteiger partial charge in [0.1, 0.15) is 0 Å². The van der Waals surface area contributed by atoms with Crippen molar-refractivity contribution in [2.75, 3.05) is 11.4 Å². The minimum absolute atomic E-state index is 0.0272. The van der Waals surface area contributed by atoms with Gasteiger partial charge in [0.05, 0.1) is 12.2 Å². The lowest BCUT2D eigenvalue weighted by molar-refractivity contribution is -0.197. The van der Waals surface area contributed by atoms with Gasteiger partial charge in [-0.05, 0) is 29.2 Å². The number of hydroxylamine groups is 2. The lowest BCUT2D eigenvalue weighted by atomic mass is 10.0. The number of nitrogens with zero attached hydrogens (tertiary/aromatic N) is 2. The summed E-state index contributed by atoms with van der Waals surface area (Å²) in [5.74, 6) is -2.25. The lowest BCUT2D eigenvalue weighted by Crippen LogP contribution is -2.35. The largest absolute Gasteiger partial charge is 0.356 e. The molecule has 0 radical (unpaired) electrons. The molecule has 186 valence electrons. The molecule has 2 aromatic rings. The summed E-state index contributed by atoms with van der Waals surface area (Å²) in [6.07, 6.45) is 4.35. The molecular formula is C27H27N3O6. The van der Waals surface area contributed by atoms with Crippen molar-refractivity contribution in [3.8, 4) is 0 Å². The second-order valence-corrected chi connectivity index (χ2v) is 8.57. The van der Waals surface area contributed by atoms with Crippen molar-refractivity contribution in [1.29, 1.82) is 0 Å². The molecule has 9 nitrogen and oxygen atoms in total. The Kier molecular flexibility index (Phi) is 7.89. The molecule has 0 saturated carbocycles. The van der Waals surface area contributed by atoms with Gasteiger partial charge in [-0.3, -0.25) is 19.2 Å². The Hall–Kier alpha value is -4.27. The van der Waals surface area contributed by atoms with Crippen LogP contribution in [0.2, 0.25) is 0 Å². The van der Waals surface area contributed by atoms with Crippen molar-refractivity contribution in [1.82, 2.24) is 10.4 Å². The van der Waals surface area contributed by atoms with Crippen molar-refractivity contribution in [3.63, 3.8) is 0 Å². The summed E-state index contributed by atoms with van der Waals surface area (Å²) in [7, 11) is 0. The molecule has 2 aliphatic heterocycles. The Morgan fingerprint density at radius 1 is 0.833 bits per heavy atom. The molecule has 36 heavy (non-hydrogen) atoms. The summed E-state index contributed by atoms with van der Waals surface area (Å²) in [5, 5.41) is 3.20. The van der Waals surface area contributed by atoms with E-state index in [0.717, 1.165) is 22.4 Å². The molecule has 0 aliphatic carbocycles. The number of benzene rings is 2. The van der Waals surface area contributed by atoms with Crippen LogP contribution in [0, 0.1) is 0 Å². The molecule has 2 aliphatic rings. The van der Waals surface area contributed by atoms with Crippen LogP contribution in [0.25, 0.3) is 12.2 Å². The van der Waals surface area contributed by atoms with Crippen LogP contribution in [0.5, 0.6) is 0 Å². The average Bonchev–Trinajstić information content (AvgIpc) is 3.17. The highest BCUT2D eigenvalue weighted by Gasteiger charge is 2.32. The maximum Gasteiger partial charge on any atom is 0.333 e. The number of carbonyl (C=O) groups is 5. The monoisotopic (exact) mass is 489 g/mol. The van der Waals surface area contributed by atoms with Gasteiger partial charge in [-0.1, -0.05) is 54.6 Å². The van der Waals surface area contributed by atoms with Crippen molar-refractivity contribution in [2.24, 2.45) is 0 Å². The molecular weight excluding hydrogens is 462 g/mol. The van der Waals surface area contributed by atoms with Crippen LogP contribution in [0.3, 0.4) is 0 Å². The van der Waals surface area contributed by atoms with Crippen LogP contribution in [-0.4, -0.2) is 41.2 Å². The van der Waals surface area contributed by atoms with Gasteiger partial charge in [-0.2, -0.15) is 0 Å². The van der Waals surface area contributed by atoms with Crippen molar-refractivity contribution >= 4 is 47.4 Å². The topological polar surface area (TPSA) is 113 Å². The predicted octanol–water partition coefficient (Wildman–Crippen LogP) is 2.99. The zero-order valence-corrected chi connectivity index (χ0v) is 19.8. The third kappa shape index (κ3) is 6.04. The quantitative estimate of drug-likeness (QED) is 0.571. The standard InChI is InChI=1S/C27H27N3O6/c31-23(10-5-11-27(35)36-30-25(33)14-15-26(30)34)28-17-16-24(32)29-18-21-8-2-1-6-19(21)12-13-20-7-3-4-9-22(20)29/h1-4,6-9,12-13H,5,10-11,14-18H2,(H,28,31). The number of hydrogen-bond acceptors (Lipinski definition) is 6. The molecule has 2 aromatic carbocycles. The average molecular weight is 490 g/mol. The molecule has 0 spiro atoms. The number of imide groups is 1. The first-order valence-electron chi connectivity index (χ1n) is 11.9. The van der Waals surface area contributed by atoms with E-state index in [-0.39, 0.29) is 56.9 Å². The summed E-state index contributed by atoms with van der Waals surface area (Å²) in [5.41, 5.74) is 3.83. The van der Waals surface area contributed by atoms with Gasteiger partial charge in [0.25, 0.3) is 11.8 Å². The van der Waals surface area contributed by atoms with Gasteiger partial charge in [-0.25, -0.2) is 4.79 Å².